The number of benzene rings is 2. The molecule has 7 nitrogen and oxygen atoms in total. The van der Waals surface area contributed by atoms with Gasteiger partial charge in [0.1, 0.15) is 0 Å². The highest BCUT2D eigenvalue weighted by Gasteiger charge is 2.22. The zero-order valence-corrected chi connectivity index (χ0v) is 18.9. The number of tetrazole rings is 1. The number of amides is 1. The van der Waals surface area contributed by atoms with E-state index in [1.165, 1.54) is 35.2 Å². The van der Waals surface area contributed by atoms with Crippen molar-refractivity contribution in [1.29, 1.82) is 0 Å². The molecule has 2 aromatic carbocycles. The summed E-state index contributed by atoms with van der Waals surface area (Å²) in [7, 11) is 0. The zero-order valence-electron chi connectivity index (χ0n) is 18.0. The molecule has 164 valence electrons. The van der Waals surface area contributed by atoms with Crippen LogP contribution in [0, 0.1) is 17.1 Å². The van der Waals surface area contributed by atoms with Gasteiger partial charge in [-0.1, -0.05) is 22.8 Å². The van der Waals surface area contributed by atoms with Gasteiger partial charge in [-0.05, 0) is 73.8 Å². The Bertz CT molecular complexity index is 1460. The number of aromatic nitrogens is 5. The van der Waals surface area contributed by atoms with Crippen molar-refractivity contribution in [2.45, 2.75) is 38.6 Å². The summed E-state index contributed by atoms with van der Waals surface area (Å²) in [6, 6.07) is 15.4. The fourth-order valence-corrected chi connectivity index (χ4v) is 4.69. The van der Waals surface area contributed by atoms with Crippen LogP contribution in [0.2, 0.25) is 0 Å². The lowest BCUT2D eigenvalue weighted by Gasteiger charge is -2.11. The van der Waals surface area contributed by atoms with Crippen LogP contribution in [0.3, 0.4) is 0 Å². The molecule has 2 heterocycles. The SMILES string of the molecule is C#CC[n+]1c2c(cc3cc(NC(=O)c4cccc(-n5[nH]nnc5=S)c4)ccc31)CCCCC2. The van der Waals surface area contributed by atoms with E-state index in [1.807, 2.05) is 24.3 Å². The molecule has 0 atom stereocenters. The van der Waals surface area contributed by atoms with Crippen LogP contribution in [0.5, 0.6) is 0 Å². The van der Waals surface area contributed by atoms with E-state index in [1.54, 1.807) is 18.2 Å². The average Bonchev–Trinajstić information content (AvgIpc) is 3.11. The summed E-state index contributed by atoms with van der Waals surface area (Å²) in [5, 5.41) is 14.3. The molecular weight excluding hydrogens is 432 g/mol. The van der Waals surface area contributed by atoms with Crippen LogP contribution in [0.25, 0.3) is 16.6 Å². The summed E-state index contributed by atoms with van der Waals surface area (Å²) in [4.78, 5) is 13.0. The molecule has 33 heavy (non-hydrogen) atoms. The molecule has 8 heteroatoms. The number of carbonyl (C=O) groups excluding carboxylic acids is 1. The number of terminal acetylenes is 1. The normalized spacial score (nSPS) is 13.2. The van der Waals surface area contributed by atoms with Gasteiger partial charge >= 0.3 is 0 Å². The maximum absolute atomic E-state index is 13.0. The van der Waals surface area contributed by atoms with Crippen molar-refractivity contribution in [3.05, 3.63) is 70.1 Å². The van der Waals surface area contributed by atoms with Crippen LogP contribution in [-0.2, 0) is 19.4 Å². The number of H-pyrrole nitrogens is 1. The second-order valence-corrected chi connectivity index (χ2v) is 8.53. The quantitative estimate of drug-likeness (QED) is 0.212. The maximum Gasteiger partial charge on any atom is 0.255 e. The average molecular weight is 456 g/mol. The summed E-state index contributed by atoms with van der Waals surface area (Å²) in [5.41, 5.74) is 5.73. The number of fused-ring (bicyclic) bond motifs is 2. The van der Waals surface area contributed by atoms with E-state index >= 15 is 0 Å². The number of aryl methyl sites for hydroxylation is 1. The van der Waals surface area contributed by atoms with Crippen LogP contribution in [0.15, 0.2) is 48.5 Å². The first kappa shape index (κ1) is 21.0. The molecule has 1 amide bonds. The molecule has 2 aromatic heterocycles. The standard InChI is InChI=1S/C25H22N6OS/c1-2-13-30-22-10-5-3-4-7-17(22)14-19-15-20(11-12-23(19)30)26-24(32)18-8-6-9-21(16-18)31-25(33)27-28-29-31/h1,6,8-9,11-12,14-16H,3-5,7,10,13H2,(H-,26,27,29,32,33)/p+1. The van der Waals surface area contributed by atoms with Crippen LogP contribution >= 0.6 is 12.2 Å². The predicted molar refractivity (Wildman–Crippen MR) is 129 cm³/mol. The molecule has 0 saturated heterocycles. The van der Waals surface area contributed by atoms with Crippen LogP contribution in [-0.4, -0.2) is 26.1 Å². The van der Waals surface area contributed by atoms with Gasteiger partial charge in [0.15, 0.2) is 5.69 Å². The molecule has 0 spiro atoms. The van der Waals surface area contributed by atoms with Gasteiger partial charge in [-0.2, -0.15) is 9.78 Å². The van der Waals surface area contributed by atoms with Gasteiger partial charge in [-0.3, -0.25) is 4.79 Å². The van der Waals surface area contributed by atoms with Crippen molar-refractivity contribution in [3.63, 3.8) is 0 Å². The third-order valence-electron chi connectivity index (χ3n) is 6.05. The number of rotatable bonds is 4. The number of aromatic amines is 1. The second-order valence-electron chi connectivity index (χ2n) is 8.16. The van der Waals surface area contributed by atoms with Crippen LogP contribution in [0.4, 0.5) is 5.69 Å². The molecule has 0 radical (unpaired) electrons. The first-order valence-corrected chi connectivity index (χ1v) is 11.4. The fourth-order valence-electron chi connectivity index (χ4n) is 4.51. The van der Waals surface area contributed by atoms with E-state index in [9.17, 15) is 4.79 Å². The number of hydrogen-bond donors (Lipinski definition) is 2. The monoisotopic (exact) mass is 455 g/mol. The van der Waals surface area contributed by atoms with Crippen molar-refractivity contribution < 1.29 is 9.36 Å². The van der Waals surface area contributed by atoms with Gasteiger partial charge in [0.2, 0.25) is 16.8 Å². The van der Waals surface area contributed by atoms with Gasteiger partial charge in [-0.25, -0.2) is 4.68 Å². The Morgan fingerprint density at radius 1 is 1.18 bits per heavy atom. The lowest BCUT2D eigenvalue weighted by Crippen LogP contribution is -2.40. The molecule has 5 rings (SSSR count). The minimum absolute atomic E-state index is 0.207. The molecule has 2 N–H and O–H groups in total. The van der Waals surface area contributed by atoms with Gasteiger partial charge in [0, 0.05) is 34.7 Å². The van der Waals surface area contributed by atoms with E-state index in [2.05, 4.69) is 37.4 Å². The topological polar surface area (TPSA) is 79.5 Å². The van der Waals surface area contributed by atoms with Gasteiger partial charge in [0.05, 0.1) is 5.69 Å². The maximum atomic E-state index is 13.0. The molecule has 4 aromatic rings. The van der Waals surface area contributed by atoms with E-state index < -0.39 is 0 Å². The highest BCUT2D eigenvalue weighted by Crippen LogP contribution is 2.25. The Morgan fingerprint density at radius 2 is 2.06 bits per heavy atom. The summed E-state index contributed by atoms with van der Waals surface area (Å²) >= 11 is 5.15. The largest absolute Gasteiger partial charge is 0.322 e. The Morgan fingerprint density at radius 3 is 2.88 bits per heavy atom. The van der Waals surface area contributed by atoms with E-state index in [0.29, 0.717) is 22.6 Å². The predicted octanol–water partition coefficient (Wildman–Crippen LogP) is 3.92. The van der Waals surface area contributed by atoms with E-state index in [-0.39, 0.29) is 5.91 Å². The smallest absolute Gasteiger partial charge is 0.255 e. The highest BCUT2D eigenvalue weighted by molar-refractivity contribution is 7.71. The Labute approximate surface area is 196 Å². The number of pyridine rings is 1. The van der Waals surface area contributed by atoms with Gasteiger partial charge in [-0.15, -0.1) is 6.42 Å². The molecule has 1 aliphatic carbocycles. The van der Waals surface area contributed by atoms with Gasteiger partial charge < -0.3 is 5.32 Å². The minimum Gasteiger partial charge on any atom is -0.322 e. The third kappa shape index (κ3) is 4.15. The number of nitrogens with zero attached hydrogens (tertiary/aromatic N) is 4. The van der Waals surface area contributed by atoms with E-state index in [4.69, 9.17) is 18.6 Å². The highest BCUT2D eigenvalue weighted by atomic mass is 32.1. The summed E-state index contributed by atoms with van der Waals surface area (Å²) < 4.78 is 4.09. The molecule has 0 bridgehead atoms. The van der Waals surface area contributed by atoms with Crippen molar-refractivity contribution >= 4 is 34.7 Å². The zero-order chi connectivity index (χ0) is 22.8. The molecule has 0 aliphatic heterocycles. The lowest BCUT2D eigenvalue weighted by atomic mass is 10.0. The third-order valence-corrected chi connectivity index (χ3v) is 6.31. The minimum atomic E-state index is -0.207. The van der Waals surface area contributed by atoms with Crippen molar-refractivity contribution in [1.82, 2.24) is 20.2 Å². The number of hydrogen-bond acceptors (Lipinski definition) is 4. The lowest BCUT2D eigenvalue weighted by molar-refractivity contribution is -0.666. The van der Waals surface area contributed by atoms with Gasteiger partial charge in [0.25, 0.3) is 5.91 Å². The molecule has 0 fully saturated rings. The molecular formula is C25H23N6OS+. The summed E-state index contributed by atoms with van der Waals surface area (Å²) in [5.74, 6) is 2.60. The van der Waals surface area contributed by atoms with Crippen LogP contribution in [0.1, 0.15) is 40.9 Å². The summed E-state index contributed by atoms with van der Waals surface area (Å²) in [6.07, 6.45) is 11.4. The van der Waals surface area contributed by atoms with Crippen molar-refractivity contribution in [3.8, 4) is 18.0 Å². The number of nitrogens with one attached hydrogen (secondary N) is 2. The Hall–Kier alpha value is -3.83. The summed E-state index contributed by atoms with van der Waals surface area (Å²) in [6.45, 7) is 0.545. The molecule has 0 saturated carbocycles. The number of carbonyl (C=O) groups is 1. The first-order chi connectivity index (χ1) is 16.1. The molecule has 0 unspecified atom stereocenters. The Balaban J connectivity index is 1.47. The van der Waals surface area contributed by atoms with Crippen molar-refractivity contribution in [2.75, 3.05) is 5.32 Å². The second kappa shape index (κ2) is 8.96. The first-order valence-electron chi connectivity index (χ1n) is 11.0. The van der Waals surface area contributed by atoms with E-state index in [0.717, 1.165) is 29.4 Å². The Kier molecular flexibility index (Phi) is 5.71. The van der Waals surface area contributed by atoms with Crippen LogP contribution < -0.4 is 9.88 Å². The fraction of sp³-hybridized carbons (Fsp3) is 0.240. The molecule has 1 aliphatic rings. The van der Waals surface area contributed by atoms with Crippen molar-refractivity contribution in [2.24, 2.45) is 0 Å². The number of anilines is 1.